The molecule has 0 radical (unpaired) electrons. The standard InChI is InChI=1S/C22H26N4O4/c1-4-12-24-20(28)25(13-5-2)22(30)26(21(24)29)14-18(27)23-19(17-10-11-17)16-8-6-15(3)7-9-16/h4-9,17,19H,1-2,10-14H2,3H3,(H,23,27). The average molecular weight is 410 g/mol. The van der Waals surface area contributed by atoms with Crippen molar-refractivity contribution in [2.24, 2.45) is 5.92 Å². The number of hydrogen-bond acceptors (Lipinski definition) is 4. The van der Waals surface area contributed by atoms with Gasteiger partial charge in [0.2, 0.25) is 5.91 Å². The maximum atomic E-state index is 12.8. The summed E-state index contributed by atoms with van der Waals surface area (Å²) in [4.78, 5) is 50.6. The van der Waals surface area contributed by atoms with E-state index in [1.54, 1.807) is 0 Å². The average Bonchev–Trinajstić information content (AvgIpc) is 3.56. The quantitative estimate of drug-likeness (QED) is 0.627. The predicted molar refractivity (Wildman–Crippen MR) is 114 cm³/mol. The summed E-state index contributed by atoms with van der Waals surface area (Å²) in [6, 6.07) is 7.75. The summed E-state index contributed by atoms with van der Waals surface area (Å²) in [6.07, 6.45) is 4.79. The first-order valence-corrected chi connectivity index (χ1v) is 9.89. The minimum Gasteiger partial charge on any atom is -0.347 e. The highest BCUT2D eigenvalue weighted by Crippen LogP contribution is 2.41. The first kappa shape index (κ1) is 21.3. The Balaban J connectivity index is 1.92. The molecule has 2 aromatic rings. The van der Waals surface area contributed by atoms with Crippen molar-refractivity contribution >= 4 is 5.91 Å². The Labute approximate surface area is 173 Å². The third-order valence-corrected chi connectivity index (χ3v) is 5.16. The first-order chi connectivity index (χ1) is 14.4. The number of hydrogen-bond donors (Lipinski definition) is 1. The molecule has 1 unspecified atom stereocenters. The van der Waals surface area contributed by atoms with Crippen LogP contribution in [0.15, 0.2) is 64.0 Å². The number of nitrogens with zero attached hydrogens (tertiary/aromatic N) is 3. The number of carbonyl (C=O) groups excluding carboxylic acids is 1. The summed E-state index contributed by atoms with van der Waals surface area (Å²) in [5.41, 5.74) is -0.308. The Morgan fingerprint density at radius 3 is 1.97 bits per heavy atom. The number of nitrogens with one attached hydrogen (secondary N) is 1. The zero-order chi connectivity index (χ0) is 21.8. The Bertz CT molecular complexity index is 1090. The molecule has 0 bridgehead atoms. The number of aromatic nitrogens is 3. The maximum Gasteiger partial charge on any atom is 0.337 e. The smallest absolute Gasteiger partial charge is 0.337 e. The Kier molecular flexibility index (Phi) is 6.34. The van der Waals surface area contributed by atoms with E-state index in [0.29, 0.717) is 5.92 Å². The van der Waals surface area contributed by atoms with Crippen molar-refractivity contribution in [1.29, 1.82) is 0 Å². The van der Waals surface area contributed by atoms with E-state index in [9.17, 15) is 19.2 Å². The second kappa shape index (κ2) is 8.94. The monoisotopic (exact) mass is 410 g/mol. The molecule has 1 aliphatic rings. The third-order valence-electron chi connectivity index (χ3n) is 5.16. The van der Waals surface area contributed by atoms with Gasteiger partial charge >= 0.3 is 17.1 Å². The highest BCUT2D eigenvalue weighted by Gasteiger charge is 2.33. The third kappa shape index (κ3) is 4.42. The van der Waals surface area contributed by atoms with E-state index in [-0.39, 0.29) is 19.1 Å². The zero-order valence-electron chi connectivity index (χ0n) is 17.0. The van der Waals surface area contributed by atoms with Gasteiger partial charge in [0.25, 0.3) is 0 Å². The highest BCUT2D eigenvalue weighted by molar-refractivity contribution is 5.76. The second-order valence-corrected chi connectivity index (χ2v) is 7.53. The summed E-state index contributed by atoms with van der Waals surface area (Å²) in [7, 11) is 0. The normalized spacial score (nSPS) is 14.2. The highest BCUT2D eigenvalue weighted by atomic mass is 16.2. The fourth-order valence-corrected chi connectivity index (χ4v) is 3.43. The van der Waals surface area contributed by atoms with Gasteiger partial charge in [0.15, 0.2) is 0 Å². The number of carbonyl (C=O) groups is 1. The van der Waals surface area contributed by atoms with E-state index in [0.717, 1.165) is 37.7 Å². The molecule has 1 aliphatic carbocycles. The van der Waals surface area contributed by atoms with Crippen LogP contribution in [-0.4, -0.2) is 19.6 Å². The number of benzene rings is 1. The van der Waals surface area contributed by atoms with Gasteiger partial charge in [-0.2, -0.15) is 0 Å². The van der Waals surface area contributed by atoms with Crippen LogP contribution in [0.4, 0.5) is 0 Å². The van der Waals surface area contributed by atoms with Crippen molar-refractivity contribution in [2.45, 2.75) is 45.4 Å². The predicted octanol–water partition coefficient (Wildman–Crippen LogP) is 1.12. The fourth-order valence-electron chi connectivity index (χ4n) is 3.43. The van der Waals surface area contributed by atoms with Crippen molar-refractivity contribution in [3.8, 4) is 0 Å². The van der Waals surface area contributed by atoms with Gasteiger partial charge in [-0.1, -0.05) is 42.0 Å². The number of allylic oxidation sites excluding steroid dienone is 2. The van der Waals surface area contributed by atoms with Crippen LogP contribution in [0.2, 0.25) is 0 Å². The minimum atomic E-state index is -0.835. The van der Waals surface area contributed by atoms with E-state index >= 15 is 0 Å². The largest absolute Gasteiger partial charge is 0.347 e. The lowest BCUT2D eigenvalue weighted by Crippen LogP contribution is -2.55. The van der Waals surface area contributed by atoms with Crippen molar-refractivity contribution in [2.75, 3.05) is 0 Å². The van der Waals surface area contributed by atoms with Crippen LogP contribution in [0, 0.1) is 12.8 Å². The van der Waals surface area contributed by atoms with Crippen molar-refractivity contribution in [3.63, 3.8) is 0 Å². The summed E-state index contributed by atoms with van der Waals surface area (Å²) in [5, 5.41) is 2.96. The van der Waals surface area contributed by atoms with Gasteiger partial charge in [-0.05, 0) is 31.2 Å². The summed E-state index contributed by atoms with van der Waals surface area (Å²) >= 11 is 0. The summed E-state index contributed by atoms with van der Waals surface area (Å²) in [6.45, 7) is 8.47. The summed E-state index contributed by atoms with van der Waals surface area (Å²) < 4.78 is 2.54. The van der Waals surface area contributed by atoms with E-state index in [1.165, 1.54) is 12.2 Å². The molecule has 1 aromatic carbocycles. The molecule has 1 aromatic heterocycles. The molecule has 1 amide bonds. The lowest BCUT2D eigenvalue weighted by atomic mass is 10.0. The van der Waals surface area contributed by atoms with Crippen LogP contribution in [-0.2, 0) is 24.4 Å². The van der Waals surface area contributed by atoms with Gasteiger partial charge in [-0.15, -0.1) is 13.2 Å². The molecule has 1 N–H and O–H groups in total. The molecule has 8 nitrogen and oxygen atoms in total. The SMILES string of the molecule is C=CCn1c(=O)n(CC=C)c(=O)n(CC(=O)NC(c2ccc(C)cc2)C2CC2)c1=O. The van der Waals surface area contributed by atoms with E-state index in [2.05, 4.69) is 18.5 Å². The lowest BCUT2D eigenvalue weighted by molar-refractivity contribution is -0.122. The minimum absolute atomic E-state index is 0.0647. The molecule has 8 heteroatoms. The first-order valence-electron chi connectivity index (χ1n) is 9.89. The Morgan fingerprint density at radius 1 is 1.00 bits per heavy atom. The molecule has 3 rings (SSSR count). The molecule has 30 heavy (non-hydrogen) atoms. The molecule has 1 heterocycles. The van der Waals surface area contributed by atoms with Crippen LogP contribution >= 0.6 is 0 Å². The molecule has 0 aliphatic heterocycles. The molecule has 1 saturated carbocycles. The molecule has 1 fully saturated rings. The van der Waals surface area contributed by atoms with Crippen LogP contribution < -0.4 is 22.4 Å². The van der Waals surface area contributed by atoms with Gasteiger partial charge < -0.3 is 5.32 Å². The Morgan fingerprint density at radius 2 is 1.50 bits per heavy atom. The number of aryl methyl sites for hydroxylation is 1. The molecular formula is C22H26N4O4. The maximum absolute atomic E-state index is 12.8. The lowest BCUT2D eigenvalue weighted by Gasteiger charge is -2.20. The van der Waals surface area contributed by atoms with Crippen LogP contribution in [0.25, 0.3) is 0 Å². The van der Waals surface area contributed by atoms with Crippen LogP contribution in [0.3, 0.4) is 0 Å². The number of rotatable bonds is 9. The van der Waals surface area contributed by atoms with Gasteiger partial charge in [-0.3, -0.25) is 4.79 Å². The van der Waals surface area contributed by atoms with Crippen LogP contribution in [0.5, 0.6) is 0 Å². The molecular weight excluding hydrogens is 384 g/mol. The van der Waals surface area contributed by atoms with Gasteiger partial charge in [0, 0.05) is 0 Å². The van der Waals surface area contributed by atoms with E-state index in [4.69, 9.17) is 0 Å². The van der Waals surface area contributed by atoms with Crippen molar-refractivity contribution in [1.82, 2.24) is 19.0 Å². The van der Waals surface area contributed by atoms with Gasteiger partial charge in [0.1, 0.15) is 6.54 Å². The Hall–Kier alpha value is -3.42. The van der Waals surface area contributed by atoms with Crippen molar-refractivity contribution in [3.05, 3.63) is 92.2 Å². The fraction of sp³-hybridized carbons (Fsp3) is 0.364. The zero-order valence-corrected chi connectivity index (χ0v) is 17.0. The molecule has 158 valence electrons. The van der Waals surface area contributed by atoms with Crippen LogP contribution in [0.1, 0.15) is 30.0 Å². The molecule has 0 saturated heterocycles. The molecule has 0 spiro atoms. The summed E-state index contributed by atoms with van der Waals surface area (Å²) in [5.74, 6) is -0.124. The topological polar surface area (TPSA) is 95.1 Å². The van der Waals surface area contributed by atoms with Gasteiger partial charge in [-0.25, -0.2) is 28.1 Å². The van der Waals surface area contributed by atoms with Crippen molar-refractivity contribution < 1.29 is 4.79 Å². The van der Waals surface area contributed by atoms with E-state index in [1.807, 2.05) is 31.2 Å². The number of amides is 1. The van der Waals surface area contributed by atoms with E-state index < -0.39 is 29.5 Å². The molecule has 1 atom stereocenters. The second-order valence-electron chi connectivity index (χ2n) is 7.53. The van der Waals surface area contributed by atoms with Gasteiger partial charge in [0.05, 0.1) is 19.1 Å².